The number of H-pyrrole nitrogens is 1. The first-order chi connectivity index (χ1) is 15.1. The number of aromatic amines is 1. The molecule has 1 unspecified atom stereocenters. The highest BCUT2D eigenvalue weighted by molar-refractivity contribution is 6.31. The number of nitrogens with one attached hydrogen (secondary N) is 3. The van der Waals surface area contributed by atoms with E-state index in [2.05, 4.69) is 15.6 Å². The Morgan fingerprint density at radius 2 is 1.88 bits per heavy atom. The minimum atomic E-state index is -0.663. The van der Waals surface area contributed by atoms with Crippen molar-refractivity contribution in [2.75, 3.05) is 6.61 Å². The van der Waals surface area contributed by atoms with Crippen LogP contribution in [-0.2, 0) is 14.3 Å². The standard InChI is InChI=1S/C23H30ClN3O5/c1-5-31-21(29)13-6-8-17(18(11-13)27-22(30)32-23(2,3)4)26-20(28)19-12-14-10-15(24)7-9-16(14)25-19/h7,9-10,12-13,17-18,25H,5-6,8,11H2,1-4H3,(H,26,28)(H,27,30)/t13-,17-,18?/m0/s1. The summed E-state index contributed by atoms with van der Waals surface area (Å²) in [5, 5.41) is 7.24. The molecular formula is C23H30ClN3O5. The number of hydrogen-bond acceptors (Lipinski definition) is 5. The molecule has 1 heterocycles. The van der Waals surface area contributed by atoms with Crippen LogP contribution in [0.4, 0.5) is 4.79 Å². The van der Waals surface area contributed by atoms with E-state index in [0.717, 1.165) is 10.9 Å². The number of benzene rings is 1. The Kier molecular flexibility index (Phi) is 7.33. The van der Waals surface area contributed by atoms with Crippen LogP contribution in [0.5, 0.6) is 0 Å². The largest absolute Gasteiger partial charge is 0.466 e. The van der Waals surface area contributed by atoms with Gasteiger partial charge in [-0.3, -0.25) is 9.59 Å². The van der Waals surface area contributed by atoms with E-state index in [9.17, 15) is 14.4 Å². The van der Waals surface area contributed by atoms with Gasteiger partial charge in [-0.05, 0) is 71.2 Å². The second kappa shape index (κ2) is 9.81. The van der Waals surface area contributed by atoms with E-state index in [1.807, 2.05) is 6.07 Å². The molecule has 0 saturated heterocycles. The van der Waals surface area contributed by atoms with Gasteiger partial charge in [-0.2, -0.15) is 0 Å². The van der Waals surface area contributed by atoms with Gasteiger partial charge in [0.1, 0.15) is 11.3 Å². The number of alkyl carbamates (subject to hydrolysis) is 1. The van der Waals surface area contributed by atoms with Crippen molar-refractivity contribution in [1.82, 2.24) is 15.6 Å². The van der Waals surface area contributed by atoms with Gasteiger partial charge in [0, 0.05) is 22.0 Å². The van der Waals surface area contributed by atoms with Crippen molar-refractivity contribution in [3.63, 3.8) is 0 Å². The molecule has 2 amide bonds. The second-order valence-corrected chi connectivity index (χ2v) is 9.45. The van der Waals surface area contributed by atoms with Gasteiger partial charge in [-0.1, -0.05) is 11.6 Å². The zero-order chi connectivity index (χ0) is 23.5. The van der Waals surface area contributed by atoms with Gasteiger partial charge in [0.2, 0.25) is 0 Å². The van der Waals surface area contributed by atoms with Crippen molar-refractivity contribution < 1.29 is 23.9 Å². The maximum absolute atomic E-state index is 12.9. The predicted molar refractivity (Wildman–Crippen MR) is 122 cm³/mol. The highest BCUT2D eigenvalue weighted by Gasteiger charge is 2.37. The zero-order valence-corrected chi connectivity index (χ0v) is 19.5. The molecule has 3 atom stereocenters. The lowest BCUT2D eigenvalue weighted by atomic mass is 9.82. The van der Waals surface area contributed by atoms with Gasteiger partial charge in [0.05, 0.1) is 18.6 Å². The summed E-state index contributed by atoms with van der Waals surface area (Å²) in [6, 6.07) is 6.23. The first-order valence-corrected chi connectivity index (χ1v) is 11.2. The molecule has 0 spiro atoms. The minimum Gasteiger partial charge on any atom is -0.466 e. The number of esters is 1. The van der Waals surface area contributed by atoms with Crippen LogP contribution >= 0.6 is 11.6 Å². The lowest BCUT2D eigenvalue weighted by molar-refractivity contribution is -0.149. The third-order valence-electron chi connectivity index (χ3n) is 5.32. The molecule has 1 fully saturated rings. The molecule has 9 heteroatoms. The monoisotopic (exact) mass is 463 g/mol. The molecule has 1 aromatic heterocycles. The van der Waals surface area contributed by atoms with E-state index in [0.29, 0.717) is 36.6 Å². The summed E-state index contributed by atoms with van der Waals surface area (Å²) < 4.78 is 10.5. The number of carbonyl (C=O) groups excluding carboxylic acids is 3. The van der Waals surface area contributed by atoms with Crippen LogP contribution < -0.4 is 10.6 Å². The van der Waals surface area contributed by atoms with Crippen LogP contribution in [-0.4, -0.2) is 47.2 Å². The Labute approximate surface area is 192 Å². The quantitative estimate of drug-likeness (QED) is 0.576. The van der Waals surface area contributed by atoms with Gasteiger partial charge in [-0.15, -0.1) is 0 Å². The van der Waals surface area contributed by atoms with Crippen LogP contribution in [0.3, 0.4) is 0 Å². The molecule has 1 aliphatic rings. The van der Waals surface area contributed by atoms with Crippen molar-refractivity contribution in [1.29, 1.82) is 0 Å². The van der Waals surface area contributed by atoms with Crippen molar-refractivity contribution in [2.45, 2.75) is 64.6 Å². The van der Waals surface area contributed by atoms with Gasteiger partial charge in [0.25, 0.3) is 5.91 Å². The molecule has 2 aromatic rings. The summed E-state index contributed by atoms with van der Waals surface area (Å²) in [6.07, 6.45) is 0.831. The van der Waals surface area contributed by atoms with Gasteiger partial charge in [-0.25, -0.2) is 4.79 Å². The first-order valence-electron chi connectivity index (χ1n) is 10.8. The Bertz CT molecular complexity index is 997. The number of amides is 2. The lowest BCUT2D eigenvalue weighted by Gasteiger charge is -2.36. The Hall–Kier alpha value is -2.74. The Morgan fingerprint density at radius 3 is 2.56 bits per heavy atom. The van der Waals surface area contributed by atoms with Crippen molar-refractivity contribution >= 4 is 40.5 Å². The average molecular weight is 464 g/mol. The maximum Gasteiger partial charge on any atom is 0.407 e. The fraction of sp³-hybridized carbons (Fsp3) is 0.522. The van der Waals surface area contributed by atoms with Crippen LogP contribution in [0.25, 0.3) is 10.9 Å². The number of halogens is 1. The summed E-state index contributed by atoms with van der Waals surface area (Å²) in [5.74, 6) is -0.938. The molecule has 0 aliphatic heterocycles. The van der Waals surface area contributed by atoms with Crippen molar-refractivity contribution in [3.05, 3.63) is 35.0 Å². The van der Waals surface area contributed by atoms with Crippen molar-refractivity contribution in [3.8, 4) is 0 Å². The number of hydrogen-bond donors (Lipinski definition) is 3. The third-order valence-corrected chi connectivity index (χ3v) is 5.55. The molecule has 8 nitrogen and oxygen atoms in total. The molecule has 1 aromatic carbocycles. The van der Waals surface area contributed by atoms with Gasteiger partial charge < -0.3 is 25.1 Å². The summed E-state index contributed by atoms with van der Waals surface area (Å²) in [4.78, 5) is 40.7. The van der Waals surface area contributed by atoms with Crippen LogP contribution in [0.15, 0.2) is 24.3 Å². The van der Waals surface area contributed by atoms with E-state index in [1.165, 1.54) is 0 Å². The molecule has 0 bridgehead atoms. The molecular weight excluding hydrogens is 434 g/mol. The number of aromatic nitrogens is 1. The molecule has 32 heavy (non-hydrogen) atoms. The van der Waals surface area contributed by atoms with E-state index in [-0.39, 0.29) is 23.8 Å². The van der Waals surface area contributed by atoms with Gasteiger partial charge >= 0.3 is 12.1 Å². The summed E-state index contributed by atoms with van der Waals surface area (Å²) in [7, 11) is 0. The van der Waals surface area contributed by atoms with Crippen LogP contribution in [0, 0.1) is 5.92 Å². The smallest absolute Gasteiger partial charge is 0.407 e. The molecule has 0 radical (unpaired) electrons. The average Bonchev–Trinajstić information content (AvgIpc) is 3.11. The summed E-state index contributed by atoms with van der Waals surface area (Å²) >= 11 is 6.03. The molecule has 3 rings (SSSR count). The zero-order valence-electron chi connectivity index (χ0n) is 18.8. The Morgan fingerprint density at radius 1 is 1.12 bits per heavy atom. The SMILES string of the molecule is CCOC(=O)[C@H]1CC[C@H](NC(=O)c2cc3cc(Cl)ccc3[nH]2)C(NC(=O)OC(C)(C)C)C1. The van der Waals surface area contributed by atoms with Crippen LogP contribution in [0.2, 0.25) is 5.02 Å². The van der Waals surface area contributed by atoms with E-state index >= 15 is 0 Å². The highest BCUT2D eigenvalue weighted by Crippen LogP contribution is 2.27. The molecule has 3 N–H and O–H groups in total. The minimum absolute atomic E-state index is 0.291. The number of rotatable bonds is 5. The normalized spacial score (nSPS) is 21.1. The first kappa shape index (κ1) is 23.9. The fourth-order valence-electron chi connectivity index (χ4n) is 3.91. The molecule has 1 aliphatic carbocycles. The predicted octanol–water partition coefficient (Wildman–Crippen LogP) is 4.18. The summed E-state index contributed by atoms with van der Waals surface area (Å²) in [6.45, 7) is 7.38. The topological polar surface area (TPSA) is 110 Å². The number of ether oxygens (including phenoxy) is 2. The van der Waals surface area contributed by atoms with Gasteiger partial charge in [0.15, 0.2) is 0 Å². The van der Waals surface area contributed by atoms with Crippen molar-refractivity contribution in [2.24, 2.45) is 5.92 Å². The van der Waals surface area contributed by atoms with E-state index in [4.69, 9.17) is 21.1 Å². The molecule has 1 saturated carbocycles. The Balaban J connectivity index is 1.74. The summed E-state index contributed by atoms with van der Waals surface area (Å²) in [5.41, 5.74) is 0.531. The number of fused-ring (bicyclic) bond motifs is 1. The second-order valence-electron chi connectivity index (χ2n) is 9.01. The lowest BCUT2D eigenvalue weighted by Crippen LogP contribution is -2.56. The fourth-order valence-corrected chi connectivity index (χ4v) is 4.09. The maximum atomic E-state index is 12.9. The highest BCUT2D eigenvalue weighted by atomic mass is 35.5. The van der Waals surface area contributed by atoms with E-state index < -0.39 is 17.7 Å². The number of carbonyl (C=O) groups is 3. The third kappa shape index (κ3) is 6.16. The molecule has 174 valence electrons. The van der Waals surface area contributed by atoms with E-state index in [1.54, 1.807) is 45.9 Å². The van der Waals surface area contributed by atoms with Crippen LogP contribution in [0.1, 0.15) is 57.4 Å².